The molecular formula is C46H36N2. The van der Waals surface area contributed by atoms with Gasteiger partial charge in [0.15, 0.2) is 0 Å². The standard InChI is InChI=1S/C46H36N2/c1-5-16-37-32(6-2)33-19-10-11-20-34(33)41-26-31(25-38(29(3)4)46(37)41)48-43-24-15-13-22-36(43)40-27-39-35-21-12-14-23-42(35)47(44(39)28-45(40)48)30-17-8-7-9-18-30/h5-29H,2H2,1,3-4H3/b16-5-. The monoisotopic (exact) mass is 616 g/mol. The zero-order chi connectivity index (χ0) is 32.5. The highest BCUT2D eigenvalue weighted by molar-refractivity contribution is 6.20. The number of fused-ring (bicyclic) bond motifs is 9. The molecule has 0 aliphatic carbocycles. The average Bonchev–Trinajstić information content (AvgIpc) is 3.62. The first-order valence-corrected chi connectivity index (χ1v) is 16.9. The molecule has 230 valence electrons. The lowest BCUT2D eigenvalue weighted by atomic mass is 9.85. The Morgan fingerprint density at radius 1 is 0.500 bits per heavy atom. The Hall–Kier alpha value is -5.86. The van der Waals surface area contributed by atoms with Crippen LogP contribution in [0.1, 0.15) is 43.4 Å². The van der Waals surface area contributed by atoms with Crippen molar-refractivity contribution in [3.8, 4) is 11.4 Å². The van der Waals surface area contributed by atoms with Gasteiger partial charge in [-0.25, -0.2) is 0 Å². The number of rotatable bonds is 5. The lowest BCUT2D eigenvalue weighted by Crippen LogP contribution is -2.01. The molecule has 9 rings (SSSR count). The third kappa shape index (κ3) is 3.99. The molecule has 2 heteroatoms. The second-order valence-corrected chi connectivity index (χ2v) is 13.1. The lowest BCUT2D eigenvalue weighted by Gasteiger charge is -2.21. The molecule has 0 bridgehead atoms. The van der Waals surface area contributed by atoms with Crippen LogP contribution in [0.5, 0.6) is 0 Å². The number of nitrogens with zero attached hydrogens (tertiary/aromatic N) is 2. The van der Waals surface area contributed by atoms with E-state index < -0.39 is 0 Å². The second-order valence-electron chi connectivity index (χ2n) is 13.1. The smallest absolute Gasteiger partial charge is 0.0562 e. The Kier molecular flexibility index (Phi) is 6.42. The van der Waals surface area contributed by atoms with Gasteiger partial charge in [0, 0.05) is 32.9 Å². The molecule has 0 radical (unpaired) electrons. The summed E-state index contributed by atoms with van der Waals surface area (Å²) in [6.07, 6.45) is 6.44. The molecule has 2 heterocycles. The first-order chi connectivity index (χ1) is 23.6. The van der Waals surface area contributed by atoms with Gasteiger partial charge in [0.05, 0.1) is 22.1 Å². The molecule has 7 aromatic carbocycles. The van der Waals surface area contributed by atoms with Crippen LogP contribution in [0.15, 0.2) is 140 Å². The van der Waals surface area contributed by atoms with Crippen molar-refractivity contribution in [1.82, 2.24) is 9.13 Å². The molecule has 0 N–H and O–H groups in total. The van der Waals surface area contributed by atoms with E-state index in [1.165, 1.54) is 93.2 Å². The van der Waals surface area contributed by atoms with Gasteiger partial charge in [-0.3, -0.25) is 0 Å². The summed E-state index contributed by atoms with van der Waals surface area (Å²) >= 11 is 0. The molecule has 0 aliphatic heterocycles. The molecule has 48 heavy (non-hydrogen) atoms. The molecule has 2 nitrogen and oxygen atoms in total. The van der Waals surface area contributed by atoms with Crippen LogP contribution in [0.2, 0.25) is 0 Å². The van der Waals surface area contributed by atoms with E-state index in [9.17, 15) is 0 Å². The number of allylic oxidation sites excluding steroid dienone is 1. The first kappa shape index (κ1) is 28.4. The van der Waals surface area contributed by atoms with E-state index in [1.807, 2.05) is 6.08 Å². The molecule has 0 amide bonds. The zero-order valence-electron chi connectivity index (χ0n) is 27.5. The largest absolute Gasteiger partial charge is 0.309 e. The Morgan fingerprint density at radius 3 is 1.67 bits per heavy atom. The van der Waals surface area contributed by atoms with Crippen LogP contribution in [0.4, 0.5) is 0 Å². The van der Waals surface area contributed by atoms with E-state index in [0.717, 1.165) is 0 Å². The highest BCUT2D eigenvalue weighted by Crippen LogP contribution is 2.43. The molecule has 0 saturated carbocycles. The molecule has 0 aliphatic rings. The number of hydrogen-bond donors (Lipinski definition) is 0. The van der Waals surface area contributed by atoms with Crippen molar-refractivity contribution < 1.29 is 0 Å². The Morgan fingerprint density at radius 2 is 1.06 bits per heavy atom. The average molecular weight is 617 g/mol. The summed E-state index contributed by atoms with van der Waals surface area (Å²) in [4.78, 5) is 0. The minimum atomic E-state index is 0.315. The minimum Gasteiger partial charge on any atom is -0.309 e. The van der Waals surface area contributed by atoms with Gasteiger partial charge in [0.2, 0.25) is 0 Å². The Bertz CT molecular complexity index is 2770. The fourth-order valence-corrected chi connectivity index (χ4v) is 8.10. The van der Waals surface area contributed by atoms with E-state index in [1.54, 1.807) is 0 Å². The SMILES string of the molecule is C=Cc1c(/C=C\C)c2c(C(C)C)cc(-n3c4ccccc4c4cc5c6ccccc6n(-c6ccccc6)c5cc43)cc2c2ccccc12. The summed E-state index contributed by atoms with van der Waals surface area (Å²) in [6, 6.07) is 46.9. The van der Waals surface area contributed by atoms with Gasteiger partial charge in [0.25, 0.3) is 0 Å². The minimum absolute atomic E-state index is 0.315. The predicted octanol–water partition coefficient (Wildman–Crippen LogP) is 13.0. The highest BCUT2D eigenvalue weighted by Gasteiger charge is 2.21. The molecule has 0 atom stereocenters. The highest BCUT2D eigenvalue weighted by atomic mass is 15.0. The molecular weight excluding hydrogens is 581 g/mol. The van der Waals surface area contributed by atoms with Crippen molar-refractivity contribution in [2.75, 3.05) is 0 Å². The molecule has 0 saturated heterocycles. The second kappa shape index (κ2) is 10.9. The van der Waals surface area contributed by atoms with Crippen LogP contribution >= 0.6 is 0 Å². The molecule has 0 unspecified atom stereocenters. The maximum atomic E-state index is 4.26. The maximum Gasteiger partial charge on any atom is 0.0562 e. The summed E-state index contributed by atoms with van der Waals surface area (Å²) in [5, 5.41) is 10.1. The van der Waals surface area contributed by atoms with E-state index in [-0.39, 0.29) is 0 Å². The Balaban J connectivity index is 1.47. The number of hydrogen-bond acceptors (Lipinski definition) is 0. The molecule has 0 spiro atoms. The maximum absolute atomic E-state index is 4.26. The van der Waals surface area contributed by atoms with Crippen LogP contribution in [0.3, 0.4) is 0 Å². The van der Waals surface area contributed by atoms with Crippen molar-refractivity contribution in [3.05, 3.63) is 157 Å². The van der Waals surface area contributed by atoms with Gasteiger partial charge >= 0.3 is 0 Å². The summed E-state index contributed by atoms with van der Waals surface area (Å²) in [5.74, 6) is 0.315. The van der Waals surface area contributed by atoms with E-state index in [4.69, 9.17) is 0 Å². The van der Waals surface area contributed by atoms with Gasteiger partial charge in [-0.15, -0.1) is 0 Å². The van der Waals surface area contributed by atoms with Crippen molar-refractivity contribution in [2.24, 2.45) is 0 Å². The fraction of sp³-hybridized carbons (Fsp3) is 0.0870. The summed E-state index contributed by atoms with van der Waals surface area (Å²) in [7, 11) is 0. The quantitative estimate of drug-likeness (QED) is 0.170. The normalized spacial score (nSPS) is 12.2. The van der Waals surface area contributed by atoms with Crippen molar-refractivity contribution in [1.29, 1.82) is 0 Å². The third-order valence-electron chi connectivity index (χ3n) is 10.1. The van der Waals surface area contributed by atoms with Gasteiger partial charge < -0.3 is 9.13 Å². The van der Waals surface area contributed by atoms with Crippen molar-refractivity contribution in [2.45, 2.75) is 26.7 Å². The molecule has 9 aromatic rings. The van der Waals surface area contributed by atoms with Crippen LogP contribution in [0.25, 0.3) is 88.7 Å². The van der Waals surface area contributed by atoms with Crippen LogP contribution in [0, 0.1) is 0 Å². The van der Waals surface area contributed by atoms with Gasteiger partial charge in [-0.2, -0.15) is 0 Å². The fourth-order valence-electron chi connectivity index (χ4n) is 8.10. The van der Waals surface area contributed by atoms with Gasteiger partial charge in [0.1, 0.15) is 0 Å². The number of para-hydroxylation sites is 3. The summed E-state index contributed by atoms with van der Waals surface area (Å²) in [5.41, 5.74) is 11.0. The van der Waals surface area contributed by atoms with Crippen molar-refractivity contribution >= 4 is 77.3 Å². The van der Waals surface area contributed by atoms with Crippen LogP contribution in [-0.2, 0) is 0 Å². The van der Waals surface area contributed by atoms with Crippen LogP contribution < -0.4 is 0 Å². The van der Waals surface area contributed by atoms with Crippen molar-refractivity contribution in [3.63, 3.8) is 0 Å². The Labute approximate surface area is 280 Å². The molecule has 0 fully saturated rings. The first-order valence-electron chi connectivity index (χ1n) is 16.9. The predicted molar refractivity (Wildman–Crippen MR) is 209 cm³/mol. The third-order valence-corrected chi connectivity index (χ3v) is 10.1. The van der Waals surface area contributed by atoms with Crippen LogP contribution in [-0.4, -0.2) is 9.13 Å². The summed E-state index contributed by atoms with van der Waals surface area (Å²) < 4.78 is 4.91. The molecule has 2 aromatic heterocycles. The zero-order valence-corrected chi connectivity index (χ0v) is 27.5. The van der Waals surface area contributed by atoms with E-state index in [2.05, 4.69) is 176 Å². The lowest BCUT2D eigenvalue weighted by molar-refractivity contribution is 0.874. The van der Waals surface area contributed by atoms with E-state index >= 15 is 0 Å². The summed E-state index contributed by atoms with van der Waals surface area (Å²) in [6.45, 7) is 11.0. The van der Waals surface area contributed by atoms with E-state index in [0.29, 0.717) is 5.92 Å². The number of benzene rings is 7. The van der Waals surface area contributed by atoms with Gasteiger partial charge in [-0.1, -0.05) is 118 Å². The topological polar surface area (TPSA) is 9.86 Å². The number of aromatic nitrogens is 2. The van der Waals surface area contributed by atoms with Gasteiger partial charge in [-0.05, 0) is 99.6 Å².